The molecule has 0 aromatic heterocycles. The first-order valence-corrected chi connectivity index (χ1v) is 2.67. The highest BCUT2D eigenvalue weighted by Crippen LogP contribution is 1.81. The van der Waals surface area contributed by atoms with Crippen molar-refractivity contribution in [2.24, 2.45) is 5.73 Å². The fourth-order valence-electron chi connectivity index (χ4n) is 0.379. The van der Waals surface area contributed by atoms with Crippen LogP contribution in [0.4, 0.5) is 4.79 Å². The maximum atomic E-state index is 9.99. The number of carbonyl (C=O) groups is 1. The summed E-state index contributed by atoms with van der Waals surface area (Å²) in [6.45, 7) is 0.489. The minimum absolute atomic E-state index is 0.459. The first kappa shape index (κ1) is 7.76. The molecule has 0 aliphatic carbocycles. The van der Waals surface area contributed by atoms with Gasteiger partial charge < -0.3 is 11.1 Å². The van der Waals surface area contributed by atoms with E-state index in [-0.39, 0.29) is 0 Å². The molecular formula is C5H9N3O. The lowest BCUT2D eigenvalue weighted by atomic mass is 10.3. The number of urea groups is 1. The third-order valence-corrected chi connectivity index (χ3v) is 0.765. The maximum absolute atomic E-state index is 9.99. The van der Waals surface area contributed by atoms with Gasteiger partial charge in [0.25, 0.3) is 0 Å². The Hall–Kier alpha value is -1.24. The Labute approximate surface area is 53.6 Å². The van der Waals surface area contributed by atoms with Crippen molar-refractivity contribution in [1.29, 1.82) is 5.26 Å². The largest absolute Gasteiger partial charge is 0.352 e. The van der Waals surface area contributed by atoms with E-state index in [1.165, 1.54) is 0 Å². The van der Waals surface area contributed by atoms with Gasteiger partial charge in [-0.3, -0.25) is 0 Å². The number of nitrogens with zero attached hydrogens (tertiary/aromatic N) is 1. The number of nitriles is 1. The molecule has 0 aromatic carbocycles. The Morgan fingerprint density at radius 2 is 2.44 bits per heavy atom. The number of primary amides is 1. The predicted molar refractivity (Wildman–Crippen MR) is 32.4 cm³/mol. The molecule has 4 nitrogen and oxygen atoms in total. The van der Waals surface area contributed by atoms with Crippen molar-refractivity contribution in [3.63, 3.8) is 0 Å². The van der Waals surface area contributed by atoms with Crippen LogP contribution in [0.15, 0.2) is 0 Å². The van der Waals surface area contributed by atoms with E-state index in [0.717, 1.165) is 0 Å². The molecular weight excluding hydrogens is 118 g/mol. The van der Waals surface area contributed by atoms with Crippen molar-refractivity contribution in [2.45, 2.75) is 12.8 Å². The molecule has 0 aromatic rings. The number of unbranched alkanes of at least 4 members (excludes halogenated alkanes) is 1. The fourth-order valence-corrected chi connectivity index (χ4v) is 0.379. The van der Waals surface area contributed by atoms with E-state index in [9.17, 15) is 4.79 Å². The van der Waals surface area contributed by atoms with Gasteiger partial charge in [-0.15, -0.1) is 0 Å². The van der Waals surface area contributed by atoms with Crippen LogP contribution in [0.2, 0.25) is 0 Å². The number of rotatable bonds is 3. The fraction of sp³-hybridized carbons (Fsp3) is 0.600. The number of amides is 2. The van der Waals surface area contributed by atoms with Crippen LogP contribution in [0.25, 0.3) is 0 Å². The molecule has 0 fully saturated rings. The van der Waals surface area contributed by atoms with Gasteiger partial charge in [-0.2, -0.15) is 5.26 Å². The van der Waals surface area contributed by atoms with Gasteiger partial charge >= 0.3 is 6.03 Å². The van der Waals surface area contributed by atoms with Crippen LogP contribution in [0.5, 0.6) is 0 Å². The normalized spacial score (nSPS) is 7.89. The summed E-state index contributed by atoms with van der Waals surface area (Å²) in [4.78, 5) is 9.99. The van der Waals surface area contributed by atoms with Crippen molar-refractivity contribution >= 4 is 6.03 Å². The first-order chi connectivity index (χ1) is 4.27. The van der Waals surface area contributed by atoms with Crippen LogP contribution in [-0.4, -0.2) is 12.6 Å². The molecule has 0 radical (unpaired) electrons. The van der Waals surface area contributed by atoms with Crippen molar-refractivity contribution in [1.82, 2.24) is 5.32 Å². The summed E-state index contributed by atoms with van der Waals surface area (Å²) in [6, 6.07) is 1.41. The number of hydrogen-bond donors (Lipinski definition) is 2. The summed E-state index contributed by atoms with van der Waals surface area (Å²) in [5, 5.41) is 10.4. The van der Waals surface area contributed by atoms with E-state index >= 15 is 0 Å². The maximum Gasteiger partial charge on any atom is 0.312 e. The second-order valence-electron chi connectivity index (χ2n) is 1.55. The van der Waals surface area contributed by atoms with Crippen molar-refractivity contribution in [3.8, 4) is 6.07 Å². The van der Waals surface area contributed by atoms with E-state index in [1.54, 1.807) is 0 Å². The van der Waals surface area contributed by atoms with Gasteiger partial charge in [0.05, 0.1) is 6.07 Å². The average Bonchev–Trinajstić information content (AvgIpc) is 1.80. The summed E-state index contributed by atoms with van der Waals surface area (Å²) < 4.78 is 0. The molecule has 4 heteroatoms. The zero-order valence-electron chi connectivity index (χ0n) is 5.05. The number of nitrogens with one attached hydrogen (secondary N) is 1. The van der Waals surface area contributed by atoms with Gasteiger partial charge in [-0.25, -0.2) is 4.79 Å². The number of carbonyl (C=O) groups excluding carboxylic acids is 1. The summed E-state index contributed by atoms with van der Waals surface area (Å²) in [5.41, 5.74) is 4.74. The summed E-state index contributed by atoms with van der Waals surface area (Å²) in [7, 11) is 0. The van der Waals surface area contributed by atoms with Crippen LogP contribution in [0, 0.1) is 11.3 Å². The van der Waals surface area contributed by atoms with Crippen LogP contribution in [0.1, 0.15) is 12.8 Å². The zero-order valence-corrected chi connectivity index (χ0v) is 5.05. The van der Waals surface area contributed by atoms with E-state index in [0.29, 0.717) is 19.4 Å². The Balaban J connectivity index is 2.94. The van der Waals surface area contributed by atoms with E-state index in [2.05, 4.69) is 5.32 Å². The van der Waals surface area contributed by atoms with E-state index in [4.69, 9.17) is 11.0 Å². The highest BCUT2D eigenvalue weighted by atomic mass is 16.2. The SMILES string of the molecule is N#CCCCNC(N)=O. The molecule has 0 spiro atoms. The molecule has 0 unspecified atom stereocenters. The number of nitrogens with two attached hydrogens (primary N) is 1. The van der Waals surface area contributed by atoms with Gasteiger partial charge in [-0.1, -0.05) is 0 Å². The molecule has 9 heavy (non-hydrogen) atoms. The smallest absolute Gasteiger partial charge is 0.312 e. The molecule has 0 saturated heterocycles. The second-order valence-corrected chi connectivity index (χ2v) is 1.55. The van der Waals surface area contributed by atoms with Crippen molar-refractivity contribution < 1.29 is 4.79 Å². The lowest BCUT2D eigenvalue weighted by molar-refractivity contribution is 0.249. The zero-order chi connectivity index (χ0) is 7.11. The highest BCUT2D eigenvalue weighted by Gasteiger charge is 1.88. The topological polar surface area (TPSA) is 78.9 Å². The Morgan fingerprint density at radius 3 is 2.89 bits per heavy atom. The van der Waals surface area contributed by atoms with Crippen LogP contribution < -0.4 is 11.1 Å². The molecule has 0 aliphatic heterocycles. The van der Waals surface area contributed by atoms with Gasteiger partial charge in [-0.05, 0) is 6.42 Å². The quantitative estimate of drug-likeness (QED) is 0.521. The van der Waals surface area contributed by atoms with Gasteiger partial charge in [0, 0.05) is 13.0 Å². The third kappa shape index (κ3) is 6.76. The molecule has 0 heterocycles. The van der Waals surface area contributed by atoms with Gasteiger partial charge in [0.15, 0.2) is 0 Å². The van der Waals surface area contributed by atoms with Crippen LogP contribution >= 0.6 is 0 Å². The summed E-state index contributed by atoms with van der Waals surface area (Å²) in [6.07, 6.45) is 1.12. The Morgan fingerprint density at radius 1 is 1.78 bits per heavy atom. The first-order valence-electron chi connectivity index (χ1n) is 2.67. The van der Waals surface area contributed by atoms with Crippen molar-refractivity contribution in [2.75, 3.05) is 6.54 Å². The molecule has 2 amide bonds. The van der Waals surface area contributed by atoms with E-state index < -0.39 is 6.03 Å². The van der Waals surface area contributed by atoms with Crippen LogP contribution in [0.3, 0.4) is 0 Å². The molecule has 50 valence electrons. The minimum Gasteiger partial charge on any atom is -0.352 e. The standard InChI is InChI=1S/C5H9N3O/c6-3-1-2-4-8-5(7)9/h1-2,4H2,(H3,7,8,9). The van der Waals surface area contributed by atoms with Crippen molar-refractivity contribution in [3.05, 3.63) is 0 Å². The average molecular weight is 127 g/mol. The Kier molecular flexibility index (Phi) is 4.23. The molecule has 0 rings (SSSR count). The molecule has 0 aliphatic rings. The predicted octanol–water partition coefficient (Wildman–Crippen LogP) is -0.0415. The van der Waals surface area contributed by atoms with Gasteiger partial charge in [0.1, 0.15) is 0 Å². The minimum atomic E-state index is -0.534. The summed E-state index contributed by atoms with van der Waals surface area (Å²) >= 11 is 0. The van der Waals surface area contributed by atoms with Gasteiger partial charge in [0.2, 0.25) is 0 Å². The monoisotopic (exact) mass is 127 g/mol. The molecule has 0 saturated carbocycles. The molecule has 0 atom stereocenters. The summed E-state index contributed by atoms with van der Waals surface area (Å²) in [5.74, 6) is 0. The number of hydrogen-bond acceptors (Lipinski definition) is 2. The van der Waals surface area contributed by atoms with Crippen LogP contribution in [-0.2, 0) is 0 Å². The highest BCUT2D eigenvalue weighted by molar-refractivity contribution is 5.71. The lowest BCUT2D eigenvalue weighted by Gasteiger charge is -1.95. The molecule has 3 N–H and O–H groups in total. The molecule has 0 bridgehead atoms. The van der Waals surface area contributed by atoms with E-state index in [1.807, 2.05) is 6.07 Å². The second kappa shape index (κ2) is 4.91. The Bertz CT molecular complexity index is 127. The lowest BCUT2D eigenvalue weighted by Crippen LogP contribution is -2.29. The third-order valence-electron chi connectivity index (χ3n) is 0.765.